The standard InChI is InChI=1S/C10H14OS/c11-10-8-5-6-1-3-7(8)9(12-10)4-2-6/h6-9H,1-5H2. The fourth-order valence-electron chi connectivity index (χ4n) is 3.26. The highest BCUT2D eigenvalue weighted by Crippen LogP contribution is 2.53. The number of carbonyl (C=O) groups excluding carboxylic acids is 1. The third-order valence-corrected chi connectivity index (χ3v) is 5.34. The van der Waals surface area contributed by atoms with Gasteiger partial charge in [0.1, 0.15) is 0 Å². The van der Waals surface area contributed by atoms with Gasteiger partial charge in [0.05, 0.1) is 0 Å². The molecule has 4 atom stereocenters. The Bertz CT molecular complexity index is 226. The Morgan fingerprint density at radius 1 is 1.17 bits per heavy atom. The molecule has 3 aliphatic carbocycles. The van der Waals surface area contributed by atoms with Crippen LogP contribution in [0.15, 0.2) is 0 Å². The van der Waals surface area contributed by atoms with E-state index in [0.29, 0.717) is 11.0 Å². The molecule has 3 saturated carbocycles. The first-order valence-electron chi connectivity index (χ1n) is 5.05. The lowest BCUT2D eigenvalue weighted by Crippen LogP contribution is -2.24. The molecule has 4 aliphatic rings. The van der Waals surface area contributed by atoms with Crippen LogP contribution >= 0.6 is 11.8 Å². The SMILES string of the molecule is O=C1SC2CCC3CCC2C1C3. The van der Waals surface area contributed by atoms with Crippen molar-refractivity contribution in [1.82, 2.24) is 0 Å². The van der Waals surface area contributed by atoms with E-state index < -0.39 is 0 Å². The van der Waals surface area contributed by atoms with E-state index in [-0.39, 0.29) is 0 Å². The molecule has 66 valence electrons. The minimum Gasteiger partial charge on any atom is -0.287 e. The average molecular weight is 182 g/mol. The van der Waals surface area contributed by atoms with Crippen molar-refractivity contribution in [2.24, 2.45) is 17.8 Å². The van der Waals surface area contributed by atoms with Crippen LogP contribution in [0.1, 0.15) is 32.1 Å². The van der Waals surface area contributed by atoms with E-state index >= 15 is 0 Å². The van der Waals surface area contributed by atoms with Crippen LogP contribution < -0.4 is 0 Å². The maximum Gasteiger partial charge on any atom is 0.192 e. The number of rotatable bonds is 0. The summed E-state index contributed by atoms with van der Waals surface area (Å²) in [5.41, 5.74) is 0. The number of hydrogen-bond donors (Lipinski definition) is 0. The molecule has 1 heterocycles. The van der Waals surface area contributed by atoms with Crippen molar-refractivity contribution >= 4 is 16.9 Å². The summed E-state index contributed by atoms with van der Waals surface area (Å²) in [6.07, 6.45) is 6.71. The Hall–Kier alpha value is 0.0200. The monoisotopic (exact) mass is 182 g/mol. The molecule has 12 heavy (non-hydrogen) atoms. The van der Waals surface area contributed by atoms with Gasteiger partial charge in [-0.25, -0.2) is 0 Å². The Labute approximate surface area is 77.3 Å². The maximum absolute atomic E-state index is 11.6. The summed E-state index contributed by atoms with van der Waals surface area (Å²) in [6, 6.07) is 0. The highest BCUT2D eigenvalue weighted by Gasteiger charge is 2.48. The van der Waals surface area contributed by atoms with Crippen molar-refractivity contribution < 1.29 is 4.79 Å². The molecule has 0 amide bonds. The van der Waals surface area contributed by atoms with Crippen LogP contribution in [0.4, 0.5) is 0 Å². The fraction of sp³-hybridized carbons (Fsp3) is 0.900. The molecule has 0 aromatic carbocycles. The zero-order valence-corrected chi connectivity index (χ0v) is 7.98. The van der Waals surface area contributed by atoms with Crippen molar-refractivity contribution in [2.45, 2.75) is 37.4 Å². The quantitative estimate of drug-likeness (QED) is 0.572. The molecule has 2 heteroatoms. The van der Waals surface area contributed by atoms with Gasteiger partial charge < -0.3 is 0 Å². The van der Waals surface area contributed by atoms with Crippen molar-refractivity contribution in [3.05, 3.63) is 0 Å². The largest absolute Gasteiger partial charge is 0.287 e. The highest BCUT2D eigenvalue weighted by molar-refractivity contribution is 8.14. The third kappa shape index (κ3) is 0.905. The molecule has 4 unspecified atom stereocenters. The van der Waals surface area contributed by atoms with E-state index in [0.717, 1.165) is 17.1 Å². The minimum atomic E-state index is 0.473. The number of hydrogen-bond acceptors (Lipinski definition) is 2. The summed E-state index contributed by atoms with van der Waals surface area (Å²) in [6.45, 7) is 0. The predicted octanol–water partition coefficient (Wildman–Crippen LogP) is 2.45. The van der Waals surface area contributed by atoms with Gasteiger partial charge in [-0.2, -0.15) is 0 Å². The van der Waals surface area contributed by atoms with Crippen LogP contribution in [0.5, 0.6) is 0 Å². The first-order valence-corrected chi connectivity index (χ1v) is 5.93. The first kappa shape index (κ1) is 7.43. The molecule has 4 fully saturated rings. The molecule has 4 rings (SSSR count). The lowest BCUT2D eigenvalue weighted by Gasteiger charge is -2.27. The second kappa shape index (κ2) is 2.50. The molecule has 0 N–H and O–H groups in total. The molecule has 0 aromatic heterocycles. The summed E-state index contributed by atoms with van der Waals surface area (Å²) < 4.78 is 0. The smallest absolute Gasteiger partial charge is 0.192 e. The molecule has 0 spiro atoms. The van der Waals surface area contributed by atoms with E-state index in [9.17, 15) is 4.79 Å². The van der Waals surface area contributed by atoms with Crippen LogP contribution in [0, 0.1) is 17.8 Å². The summed E-state index contributed by atoms with van der Waals surface area (Å²) >= 11 is 1.67. The molecule has 4 bridgehead atoms. The topological polar surface area (TPSA) is 17.1 Å². The Kier molecular flexibility index (Phi) is 1.55. The van der Waals surface area contributed by atoms with E-state index in [1.54, 1.807) is 11.8 Å². The number of thioether (sulfide) groups is 1. The molecule has 0 aromatic rings. The van der Waals surface area contributed by atoms with E-state index in [1.165, 1.54) is 32.1 Å². The van der Waals surface area contributed by atoms with Crippen LogP contribution in [0.25, 0.3) is 0 Å². The third-order valence-electron chi connectivity index (χ3n) is 3.92. The van der Waals surface area contributed by atoms with Gasteiger partial charge in [0.25, 0.3) is 0 Å². The normalized spacial score (nSPS) is 51.2. The first-order chi connectivity index (χ1) is 5.84. The maximum atomic E-state index is 11.6. The lowest BCUT2D eigenvalue weighted by atomic mass is 9.76. The fourth-order valence-corrected chi connectivity index (χ4v) is 4.75. The zero-order valence-electron chi connectivity index (χ0n) is 7.16. The van der Waals surface area contributed by atoms with Crippen LogP contribution in [0.3, 0.4) is 0 Å². The molecular formula is C10H14OS. The van der Waals surface area contributed by atoms with Gasteiger partial charge in [0.2, 0.25) is 0 Å². The highest BCUT2D eigenvalue weighted by atomic mass is 32.2. The number of carbonyl (C=O) groups is 1. The summed E-state index contributed by atoms with van der Waals surface area (Å²) in [5, 5.41) is 1.24. The van der Waals surface area contributed by atoms with Gasteiger partial charge in [0, 0.05) is 11.2 Å². The molecule has 1 nitrogen and oxygen atoms in total. The summed E-state index contributed by atoms with van der Waals surface area (Å²) in [5.74, 6) is 2.16. The van der Waals surface area contributed by atoms with Crippen LogP contribution in [0.2, 0.25) is 0 Å². The minimum absolute atomic E-state index is 0.473. The van der Waals surface area contributed by atoms with Crippen LogP contribution in [-0.2, 0) is 4.79 Å². The summed E-state index contributed by atoms with van der Waals surface area (Å²) in [7, 11) is 0. The van der Waals surface area contributed by atoms with Gasteiger partial charge in [-0.3, -0.25) is 4.79 Å². The lowest BCUT2D eigenvalue weighted by molar-refractivity contribution is -0.116. The number of fused-ring (bicyclic) bond motifs is 2. The molecular weight excluding hydrogens is 168 g/mol. The van der Waals surface area contributed by atoms with Crippen molar-refractivity contribution in [2.75, 3.05) is 0 Å². The van der Waals surface area contributed by atoms with Gasteiger partial charge in [-0.05, 0) is 37.5 Å². The Morgan fingerprint density at radius 2 is 2.00 bits per heavy atom. The van der Waals surface area contributed by atoms with Crippen molar-refractivity contribution in [3.8, 4) is 0 Å². The molecule has 0 radical (unpaired) electrons. The van der Waals surface area contributed by atoms with Gasteiger partial charge >= 0.3 is 0 Å². The van der Waals surface area contributed by atoms with Crippen LogP contribution in [-0.4, -0.2) is 10.4 Å². The zero-order chi connectivity index (χ0) is 8.13. The summed E-state index contributed by atoms with van der Waals surface area (Å²) in [4.78, 5) is 11.6. The molecule has 1 aliphatic heterocycles. The van der Waals surface area contributed by atoms with Gasteiger partial charge in [0.15, 0.2) is 5.12 Å². The molecule has 1 saturated heterocycles. The van der Waals surface area contributed by atoms with E-state index in [4.69, 9.17) is 0 Å². The second-order valence-electron chi connectivity index (χ2n) is 4.50. The van der Waals surface area contributed by atoms with E-state index in [2.05, 4.69) is 0 Å². The van der Waals surface area contributed by atoms with Crippen molar-refractivity contribution in [1.29, 1.82) is 0 Å². The van der Waals surface area contributed by atoms with E-state index in [1.807, 2.05) is 0 Å². The average Bonchev–Trinajstić information content (AvgIpc) is 2.27. The second-order valence-corrected chi connectivity index (χ2v) is 5.75. The Morgan fingerprint density at radius 3 is 2.92 bits per heavy atom. The van der Waals surface area contributed by atoms with Gasteiger partial charge in [-0.1, -0.05) is 18.2 Å². The van der Waals surface area contributed by atoms with Crippen molar-refractivity contribution in [3.63, 3.8) is 0 Å². The predicted molar refractivity (Wildman–Crippen MR) is 49.9 cm³/mol. The van der Waals surface area contributed by atoms with Gasteiger partial charge in [-0.15, -0.1) is 0 Å². The Balaban J connectivity index is 1.97.